The van der Waals surface area contributed by atoms with E-state index < -0.39 is 5.97 Å². The molecule has 0 aliphatic carbocycles. The van der Waals surface area contributed by atoms with Gasteiger partial charge in [0.1, 0.15) is 18.4 Å². The first-order valence-corrected chi connectivity index (χ1v) is 6.89. The number of rotatable bonds is 6. The van der Waals surface area contributed by atoms with Crippen LogP contribution in [-0.2, 0) is 11.2 Å². The lowest BCUT2D eigenvalue weighted by atomic mass is 10.2. The predicted octanol–water partition coefficient (Wildman–Crippen LogP) is 2.18. The standard InChI is InChI=1S/C15H21NO3/c1-2-12-5-3-6-13(11-12)19-10-9-16-8-4-7-14(16)15(17)18/h3,5-6,11,14H,2,4,7-10H2,1H3,(H,17,18). The zero-order valence-electron chi connectivity index (χ0n) is 11.3. The van der Waals surface area contributed by atoms with Gasteiger partial charge in [-0.05, 0) is 43.5 Å². The largest absolute Gasteiger partial charge is 0.492 e. The Hall–Kier alpha value is -1.55. The molecule has 104 valence electrons. The maximum atomic E-state index is 11.0. The molecule has 4 nitrogen and oxygen atoms in total. The van der Waals surface area contributed by atoms with Crippen LogP contribution in [-0.4, -0.2) is 41.7 Å². The first-order chi connectivity index (χ1) is 9.20. The normalized spacial score (nSPS) is 19.5. The Morgan fingerprint density at radius 1 is 1.53 bits per heavy atom. The lowest BCUT2D eigenvalue weighted by Crippen LogP contribution is -2.38. The van der Waals surface area contributed by atoms with Crippen LogP contribution in [0.4, 0.5) is 0 Å². The van der Waals surface area contributed by atoms with E-state index in [1.165, 1.54) is 5.56 Å². The van der Waals surface area contributed by atoms with E-state index in [2.05, 4.69) is 13.0 Å². The Bertz CT molecular complexity index is 433. The van der Waals surface area contributed by atoms with Gasteiger partial charge in [-0.2, -0.15) is 0 Å². The minimum Gasteiger partial charge on any atom is -0.492 e. The third-order valence-electron chi connectivity index (χ3n) is 3.60. The number of aliphatic carboxylic acids is 1. The molecule has 1 heterocycles. The summed E-state index contributed by atoms with van der Waals surface area (Å²) in [4.78, 5) is 13.0. The Kier molecular flexibility index (Phi) is 4.80. The highest BCUT2D eigenvalue weighted by molar-refractivity contribution is 5.73. The molecule has 1 aromatic rings. The molecule has 4 heteroatoms. The van der Waals surface area contributed by atoms with Crippen LogP contribution in [0.1, 0.15) is 25.3 Å². The zero-order chi connectivity index (χ0) is 13.7. The van der Waals surface area contributed by atoms with Gasteiger partial charge in [0.25, 0.3) is 0 Å². The molecular formula is C15H21NO3. The quantitative estimate of drug-likeness (QED) is 0.854. The van der Waals surface area contributed by atoms with Crippen LogP contribution in [0, 0.1) is 0 Å². The summed E-state index contributed by atoms with van der Waals surface area (Å²) in [6, 6.07) is 7.72. The molecule has 1 fully saturated rings. The maximum absolute atomic E-state index is 11.0. The number of nitrogens with zero attached hydrogens (tertiary/aromatic N) is 1. The van der Waals surface area contributed by atoms with E-state index in [-0.39, 0.29) is 6.04 Å². The molecule has 1 unspecified atom stereocenters. The number of carbonyl (C=O) groups is 1. The fraction of sp³-hybridized carbons (Fsp3) is 0.533. The molecule has 1 aliphatic heterocycles. The molecule has 1 aliphatic rings. The van der Waals surface area contributed by atoms with Crippen LogP contribution in [0.3, 0.4) is 0 Å². The van der Waals surface area contributed by atoms with Crippen molar-refractivity contribution < 1.29 is 14.6 Å². The van der Waals surface area contributed by atoms with E-state index in [4.69, 9.17) is 9.84 Å². The van der Waals surface area contributed by atoms with Crippen molar-refractivity contribution in [3.8, 4) is 5.75 Å². The number of hydrogen-bond acceptors (Lipinski definition) is 3. The molecule has 1 N–H and O–H groups in total. The number of benzene rings is 1. The maximum Gasteiger partial charge on any atom is 0.320 e. The van der Waals surface area contributed by atoms with Gasteiger partial charge in [0, 0.05) is 6.54 Å². The van der Waals surface area contributed by atoms with E-state index in [1.807, 2.05) is 23.1 Å². The fourth-order valence-corrected chi connectivity index (χ4v) is 2.51. The smallest absolute Gasteiger partial charge is 0.320 e. The summed E-state index contributed by atoms with van der Waals surface area (Å²) in [6.45, 7) is 4.18. The molecule has 0 spiro atoms. The lowest BCUT2D eigenvalue weighted by Gasteiger charge is -2.20. The SMILES string of the molecule is CCc1cccc(OCCN2CCCC2C(=O)O)c1. The van der Waals surface area contributed by atoms with Crippen molar-refractivity contribution >= 4 is 5.97 Å². The van der Waals surface area contributed by atoms with E-state index in [0.717, 1.165) is 31.6 Å². The predicted molar refractivity (Wildman–Crippen MR) is 73.5 cm³/mol. The van der Waals surface area contributed by atoms with Crippen LogP contribution in [0.15, 0.2) is 24.3 Å². The zero-order valence-corrected chi connectivity index (χ0v) is 11.3. The average molecular weight is 263 g/mol. The van der Waals surface area contributed by atoms with Crippen LogP contribution in [0.25, 0.3) is 0 Å². The van der Waals surface area contributed by atoms with Crippen LogP contribution in [0.2, 0.25) is 0 Å². The number of aryl methyl sites for hydroxylation is 1. The van der Waals surface area contributed by atoms with Crippen molar-refractivity contribution in [3.05, 3.63) is 29.8 Å². The number of carboxylic acid groups (broad SMARTS) is 1. The number of ether oxygens (including phenoxy) is 1. The highest BCUT2D eigenvalue weighted by Gasteiger charge is 2.29. The fourth-order valence-electron chi connectivity index (χ4n) is 2.51. The molecule has 0 amide bonds. The molecule has 1 atom stereocenters. The second-order valence-electron chi connectivity index (χ2n) is 4.88. The minimum absolute atomic E-state index is 0.328. The summed E-state index contributed by atoms with van der Waals surface area (Å²) in [5.74, 6) is 0.149. The highest BCUT2D eigenvalue weighted by atomic mass is 16.5. The third kappa shape index (κ3) is 3.70. The van der Waals surface area contributed by atoms with Gasteiger partial charge >= 0.3 is 5.97 Å². The van der Waals surface area contributed by atoms with E-state index in [1.54, 1.807) is 0 Å². The van der Waals surface area contributed by atoms with Crippen LogP contribution >= 0.6 is 0 Å². The van der Waals surface area contributed by atoms with Gasteiger partial charge in [-0.3, -0.25) is 9.69 Å². The Labute approximate surface area is 114 Å². The highest BCUT2D eigenvalue weighted by Crippen LogP contribution is 2.18. The van der Waals surface area contributed by atoms with Gasteiger partial charge in [-0.1, -0.05) is 19.1 Å². The minimum atomic E-state index is -0.717. The summed E-state index contributed by atoms with van der Waals surface area (Å²) in [6.07, 6.45) is 2.70. The molecule has 1 aromatic carbocycles. The number of carboxylic acids is 1. The van der Waals surface area contributed by atoms with Gasteiger partial charge in [-0.15, -0.1) is 0 Å². The molecule has 0 saturated carbocycles. The summed E-state index contributed by atoms with van der Waals surface area (Å²) in [5, 5.41) is 9.09. The second-order valence-corrected chi connectivity index (χ2v) is 4.88. The van der Waals surface area contributed by atoms with Crippen LogP contribution in [0.5, 0.6) is 5.75 Å². The van der Waals surface area contributed by atoms with Crippen molar-refractivity contribution in [2.24, 2.45) is 0 Å². The van der Waals surface area contributed by atoms with Gasteiger partial charge in [0.2, 0.25) is 0 Å². The molecule has 2 rings (SSSR count). The monoisotopic (exact) mass is 263 g/mol. The van der Waals surface area contributed by atoms with Gasteiger partial charge < -0.3 is 9.84 Å². The molecule has 0 bridgehead atoms. The van der Waals surface area contributed by atoms with E-state index >= 15 is 0 Å². The van der Waals surface area contributed by atoms with Crippen molar-refractivity contribution in [1.29, 1.82) is 0 Å². The number of hydrogen-bond donors (Lipinski definition) is 1. The van der Waals surface area contributed by atoms with Gasteiger partial charge in [0.15, 0.2) is 0 Å². The summed E-state index contributed by atoms with van der Waals surface area (Å²) < 4.78 is 5.70. The lowest BCUT2D eigenvalue weighted by molar-refractivity contribution is -0.142. The van der Waals surface area contributed by atoms with Crippen molar-refractivity contribution in [1.82, 2.24) is 4.90 Å². The van der Waals surface area contributed by atoms with Gasteiger partial charge in [0.05, 0.1) is 0 Å². The van der Waals surface area contributed by atoms with Crippen LogP contribution < -0.4 is 4.74 Å². The second kappa shape index (κ2) is 6.57. The molecule has 19 heavy (non-hydrogen) atoms. The van der Waals surface area contributed by atoms with Crippen molar-refractivity contribution in [2.45, 2.75) is 32.2 Å². The third-order valence-corrected chi connectivity index (χ3v) is 3.60. The summed E-state index contributed by atoms with van der Waals surface area (Å²) in [5.41, 5.74) is 1.25. The first-order valence-electron chi connectivity index (χ1n) is 6.89. The summed E-state index contributed by atoms with van der Waals surface area (Å²) in [7, 11) is 0. The molecule has 1 saturated heterocycles. The summed E-state index contributed by atoms with van der Waals surface area (Å²) >= 11 is 0. The Morgan fingerprint density at radius 3 is 3.11 bits per heavy atom. The van der Waals surface area contributed by atoms with E-state index in [9.17, 15) is 4.79 Å². The molecule has 0 radical (unpaired) electrons. The first kappa shape index (κ1) is 13.9. The molecular weight excluding hydrogens is 242 g/mol. The van der Waals surface area contributed by atoms with Crippen molar-refractivity contribution in [2.75, 3.05) is 19.7 Å². The molecule has 0 aromatic heterocycles. The average Bonchev–Trinajstić information content (AvgIpc) is 2.87. The van der Waals surface area contributed by atoms with Gasteiger partial charge in [-0.25, -0.2) is 0 Å². The Morgan fingerprint density at radius 2 is 2.37 bits per heavy atom. The number of likely N-dealkylation sites (tertiary alicyclic amines) is 1. The van der Waals surface area contributed by atoms with Crippen molar-refractivity contribution in [3.63, 3.8) is 0 Å². The topological polar surface area (TPSA) is 49.8 Å². The Balaban J connectivity index is 1.81. The van der Waals surface area contributed by atoms with E-state index in [0.29, 0.717) is 13.2 Å².